The van der Waals surface area contributed by atoms with Crippen LogP contribution in [-0.2, 0) is 4.79 Å². The van der Waals surface area contributed by atoms with E-state index in [4.69, 9.17) is 5.26 Å². The van der Waals surface area contributed by atoms with Crippen LogP contribution in [0.25, 0.3) is 5.57 Å². The van der Waals surface area contributed by atoms with Crippen molar-refractivity contribution in [1.82, 2.24) is 0 Å². The van der Waals surface area contributed by atoms with Crippen molar-refractivity contribution < 1.29 is 15.0 Å². The molecule has 2 rings (SSSR count). The second-order valence-electron chi connectivity index (χ2n) is 4.08. The molecule has 0 amide bonds. The highest BCUT2D eigenvalue weighted by atomic mass is 16.4. The van der Waals surface area contributed by atoms with E-state index in [0.717, 1.165) is 0 Å². The number of carboxylic acid groups (broad SMARTS) is 1. The number of carboxylic acids is 1. The van der Waals surface area contributed by atoms with E-state index in [0.29, 0.717) is 16.7 Å². The molecule has 0 aliphatic heterocycles. The topological polar surface area (TPSA) is 81.3 Å². The molecule has 2 aromatic carbocycles. The van der Waals surface area contributed by atoms with Gasteiger partial charge in [-0.15, -0.1) is 0 Å². The molecule has 2 N–H and O–H groups in total. The van der Waals surface area contributed by atoms with Crippen molar-refractivity contribution in [1.29, 1.82) is 5.26 Å². The minimum absolute atomic E-state index is 0.0787. The average molecular weight is 265 g/mol. The van der Waals surface area contributed by atoms with Crippen LogP contribution in [0.15, 0.2) is 60.2 Å². The summed E-state index contributed by atoms with van der Waals surface area (Å²) in [5.74, 6) is -1.20. The Morgan fingerprint density at radius 3 is 2.00 bits per heavy atom. The van der Waals surface area contributed by atoms with Crippen molar-refractivity contribution in [3.63, 3.8) is 0 Å². The zero-order valence-corrected chi connectivity index (χ0v) is 10.4. The summed E-state index contributed by atoms with van der Waals surface area (Å²) < 4.78 is 0. The highest BCUT2D eigenvalue weighted by Gasteiger charge is 2.17. The summed E-state index contributed by atoms with van der Waals surface area (Å²) in [6.07, 6.45) is 0. The number of hydrogen-bond acceptors (Lipinski definition) is 3. The Bertz CT molecular complexity index is 695. The number of nitrogens with zero attached hydrogens (tertiary/aromatic N) is 1. The van der Waals surface area contributed by atoms with Crippen molar-refractivity contribution in [2.24, 2.45) is 0 Å². The summed E-state index contributed by atoms with van der Waals surface area (Å²) in [5, 5.41) is 27.6. The van der Waals surface area contributed by atoms with E-state index in [-0.39, 0.29) is 11.3 Å². The molecule has 0 fully saturated rings. The van der Waals surface area contributed by atoms with Gasteiger partial charge in [-0.05, 0) is 23.3 Å². The number of rotatable bonds is 3. The lowest BCUT2D eigenvalue weighted by atomic mass is 9.93. The monoisotopic (exact) mass is 265 g/mol. The van der Waals surface area contributed by atoms with Crippen LogP contribution in [0, 0.1) is 11.3 Å². The fraction of sp³-hybridized carbons (Fsp3) is 0. The van der Waals surface area contributed by atoms with Crippen LogP contribution in [0.4, 0.5) is 0 Å². The number of phenolic OH excluding ortho intramolecular Hbond substituents is 1. The Hall–Kier alpha value is -3.06. The van der Waals surface area contributed by atoms with Gasteiger partial charge in [0, 0.05) is 5.57 Å². The fourth-order valence-corrected chi connectivity index (χ4v) is 1.90. The molecule has 98 valence electrons. The van der Waals surface area contributed by atoms with Crippen LogP contribution in [0.3, 0.4) is 0 Å². The number of benzene rings is 2. The highest BCUT2D eigenvalue weighted by Crippen LogP contribution is 2.28. The third kappa shape index (κ3) is 2.68. The number of nitriles is 1. The van der Waals surface area contributed by atoms with Crippen molar-refractivity contribution in [2.45, 2.75) is 0 Å². The van der Waals surface area contributed by atoms with Crippen molar-refractivity contribution in [3.05, 3.63) is 71.3 Å². The normalized spacial score (nSPS) is 11.3. The minimum Gasteiger partial charge on any atom is -0.508 e. The first-order valence-corrected chi connectivity index (χ1v) is 5.86. The van der Waals surface area contributed by atoms with E-state index in [1.54, 1.807) is 42.5 Å². The Morgan fingerprint density at radius 2 is 1.50 bits per heavy atom. The van der Waals surface area contributed by atoms with Crippen LogP contribution >= 0.6 is 0 Å². The van der Waals surface area contributed by atoms with Gasteiger partial charge in [0.25, 0.3) is 0 Å². The van der Waals surface area contributed by atoms with Crippen LogP contribution in [-0.4, -0.2) is 16.2 Å². The van der Waals surface area contributed by atoms with Crippen LogP contribution in [0.1, 0.15) is 11.1 Å². The average Bonchev–Trinajstić information content (AvgIpc) is 2.46. The number of aromatic hydroxyl groups is 1. The van der Waals surface area contributed by atoms with Crippen LogP contribution in [0.2, 0.25) is 0 Å². The molecule has 0 aromatic heterocycles. The first-order chi connectivity index (χ1) is 9.63. The molecule has 0 unspecified atom stereocenters. The predicted octanol–water partition coefficient (Wildman–Crippen LogP) is 2.80. The van der Waals surface area contributed by atoms with Gasteiger partial charge in [-0.25, -0.2) is 4.79 Å². The highest BCUT2D eigenvalue weighted by molar-refractivity contribution is 6.04. The largest absolute Gasteiger partial charge is 0.508 e. The number of phenols is 1. The number of aliphatic carboxylic acids is 1. The van der Waals surface area contributed by atoms with E-state index in [2.05, 4.69) is 0 Å². The maximum absolute atomic E-state index is 11.3. The minimum atomic E-state index is -1.28. The number of carbonyl (C=O) groups is 1. The molecule has 2 aromatic rings. The molecule has 0 bridgehead atoms. The van der Waals surface area contributed by atoms with Crippen molar-refractivity contribution >= 4 is 11.5 Å². The zero-order valence-electron chi connectivity index (χ0n) is 10.4. The van der Waals surface area contributed by atoms with Crippen LogP contribution < -0.4 is 0 Å². The van der Waals surface area contributed by atoms with Gasteiger partial charge in [0.1, 0.15) is 17.4 Å². The fourth-order valence-electron chi connectivity index (χ4n) is 1.90. The SMILES string of the molecule is N#CC(C(=O)O)=C(c1ccccc1)c1ccc(O)cc1. The molecular weight excluding hydrogens is 254 g/mol. The second-order valence-corrected chi connectivity index (χ2v) is 4.08. The Balaban J connectivity index is 2.72. The van der Waals surface area contributed by atoms with Gasteiger partial charge >= 0.3 is 5.97 Å². The third-order valence-corrected chi connectivity index (χ3v) is 2.79. The lowest BCUT2D eigenvalue weighted by Gasteiger charge is -2.09. The summed E-state index contributed by atoms with van der Waals surface area (Å²) in [6.45, 7) is 0. The maximum atomic E-state index is 11.3. The smallest absolute Gasteiger partial charge is 0.347 e. The van der Waals surface area contributed by atoms with Gasteiger partial charge in [-0.3, -0.25) is 0 Å². The van der Waals surface area contributed by atoms with Gasteiger partial charge in [-0.2, -0.15) is 5.26 Å². The first kappa shape index (κ1) is 13.4. The molecule has 0 aliphatic rings. The standard InChI is InChI=1S/C16H11NO3/c17-10-14(16(19)20)15(11-4-2-1-3-5-11)12-6-8-13(18)9-7-12/h1-9,18H,(H,19,20). The molecule has 0 atom stereocenters. The van der Waals surface area contributed by atoms with Gasteiger partial charge in [0.05, 0.1) is 0 Å². The van der Waals surface area contributed by atoms with Gasteiger partial charge < -0.3 is 10.2 Å². The molecule has 0 saturated carbocycles. The molecule has 20 heavy (non-hydrogen) atoms. The Kier molecular flexibility index (Phi) is 3.82. The molecule has 0 spiro atoms. The molecular formula is C16H11NO3. The van der Waals surface area contributed by atoms with Gasteiger partial charge in [0.15, 0.2) is 0 Å². The first-order valence-electron chi connectivity index (χ1n) is 5.86. The lowest BCUT2D eigenvalue weighted by Crippen LogP contribution is -2.03. The molecule has 4 nitrogen and oxygen atoms in total. The van der Waals surface area contributed by atoms with E-state index in [9.17, 15) is 15.0 Å². The summed E-state index contributed by atoms with van der Waals surface area (Å²) in [5.41, 5.74) is 1.20. The molecule has 4 heteroatoms. The summed E-state index contributed by atoms with van der Waals surface area (Å²) in [7, 11) is 0. The molecule has 0 saturated heterocycles. The van der Waals surface area contributed by atoms with E-state index in [1.807, 2.05) is 6.07 Å². The molecule has 0 heterocycles. The van der Waals surface area contributed by atoms with Gasteiger partial charge in [0.2, 0.25) is 0 Å². The maximum Gasteiger partial charge on any atom is 0.347 e. The van der Waals surface area contributed by atoms with E-state index in [1.165, 1.54) is 12.1 Å². The molecule has 0 aliphatic carbocycles. The zero-order chi connectivity index (χ0) is 14.5. The lowest BCUT2D eigenvalue weighted by molar-refractivity contribution is -0.132. The summed E-state index contributed by atoms with van der Waals surface area (Å²) >= 11 is 0. The van der Waals surface area contributed by atoms with Gasteiger partial charge in [-0.1, -0.05) is 42.5 Å². The molecule has 0 radical (unpaired) electrons. The third-order valence-electron chi connectivity index (χ3n) is 2.79. The summed E-state index contributed by atoms with van der Waals surface area (Å²) in [4.78, 5) is 11.3. The second kappa shape index (κ2) is 5.72. The number of hydrogen-bond donors (Lipinski definition) is 2. The predicted molar refractivity (Wildman–Crippen MR) is 73.8 cm³/mol. The Morgan fingerprint density at radius 1 is 0.950 bits per heavy atom. The Labute approximate surface area is 115 Å². The quantitative estimate of drug-likeness (QED) is 0.660. The van der Waals surface area contributed by atoms with E-state index >= 15 is 0 Å². The van der Waals surface area contributed by atoms with Crippen molar-refractivity contribution in [2.75, 3.05) is 0 Å². The van der Waals surface area contributed by atoms with Crippen LogP contribution in [0.5, 0.6) is 5.75 Å². The van der Waals surface area contributed by atoms with Crippen molar-refractivity contribution in [3.8, 4) is 11.8 Å². The summed E-state index contributed by atoms with van der Waals surface area (Å²) in [6, 6.07) is 16.6. The van der Waals surface area contributed by atoms with E-state index < -0.39 is 5.97 Å².